The van der Waals surface area contributed by atoms with Gasteiger partial charge in [0.05, 0.1) is 11.1 Å². The molecule has 2 aliphatic rings. The lowest BCUT2D eigenvalue weighted by Gasteiger charge is -2.16. The van der Waals surface area contributed by atoms with Gasteiger partial charge in [-0.3, -0.25) is 14.9 Å². The maximum atomic E-state index is 12.4. The molecule has 3 rings (SSSR count). The molecule has 0 radical (unpaired) electrons. The molecule has 1 amide bonds. The Kier molecular flexibility index (Phi) is 2.78. The Morgan fingerprint density at radius 2 is 2.16 bits per heavy atom. The maximum absolute atomic E-state index is 12.4. The Morgan fingerprint density at radius 3 is 2.68 bits per heavy atom. The second kappa shape index (κ2) is 4.34. The third-order valence-corrected chi connectivity index (χ3v) is 3.72. The van der Waals surface area contributed by atoms with Crippen molar-refractivity contribution >= 4 is 11.6 Å². The van der Waals surface area contributed by atoms with Crippen LogP contribution in [0.1, 0.15) is 35.8 Å². The first-order valence-electron chi connectivity index (χ1n) is 6.47. The summed E-state index contributed by atoms with van der Waals surface area (Å²) in [4.78, 5) is 24.5. The standard InChI is InChI=1S/C12H16N4O3/c13-8-3-4-14(6-8)12(17)11-5-10(16(18)19)7-15(11)9-1-2-9/h5,7-9H,1-4,6,13H2/t8-/m1/s1. The zero-order chi connectivity index (χ0) is 13.6. The molecule has 7 nitrogen and oxygen atoms in total. The fourth-order valence-electron chi connectivity index (χ4n) is 2.52. The number of likely N-dealkylation sites (tertiary alicyclic amines) is 1. The van der Waals surface area contributed by atoms with Crippen LogP contribution in [0.3, 0.4) is 0 Å². The number of hydrogen-bond acceptors (Lipinski definition) is 4. The van der Waals surface area contributed by atoms with E-state index in [0.29, 0.717) is 18.8 Å². The number of nitro groups is 1. The van der Waals surface area contributed by atoms with Crippen molar-refractivity contribution in [3.63, 3.8) is 0 Å². The van der Waals surface area contributed by atoms with Gasteiger partial charge in [0.15, 0.2) is 0 Å². The molecule has 1 aromatic heterocycles. The first kappa shape index (κ1) is 12.2. The van der Waals surface area contributed by atoms with Crippen molar-refractivity contribution in [1.29, 1.82) is 0 Å². The molecule has 7 heteroatoms. The average Bonchev–Trinajstić information content (AvgIpc) is 2.96. The van der Waals surface area contributed by atoms with Crippen LogP contribution in [0.2, 0.25) is 0 Å². The van der Waals surface area contributed by atoms with Crippen LogP contribution in [0.5, 0.6) is 0 Å². The summed E-state index contributed by atoms with van der Waals surface area (Å²) in [7, 11) is 0. The van der Waals surface area contributed by atoms with Crippen LogP contribution in [-0.2, 0) is 0 Å². The summed E-state index contributed by atoms with van der Waals surface area (Å²) < 4.78 is 1.75. The lowest BCUT2D eigenvalue weighted by molar-refractivity contribution is -0.384. The number of nitrogens with zero attached hydrogens (tertiary/aromatic N) is 3. The van der Waals surface area contributed by atoms with Crippen molar-refractivity contribution in [2.24, 2.45) is 5.73 Å². The first-order valence-corrected chi connectivity index (χ1v) is 6.47. The number of aromatic nitrogens is 1. The van der Waals surface area contributed by atoms with Crippen LogP contribution in [-0.4, -0.2) is 39.4 Å². The molecule has 1 saturated carbocycles. The zero-order valence-electron chi connectivity index (χ0n) is 10.5. The SMILES string of the molecule is N[C@@H]1CCN(C(=O)c2cc([N+](=O)[O-])cn2C2CC2)C1. The predicted molar refractivity (Wildman–Crippen MR) is 67.9 cm³/mol. The molecule has 0 aromatic carbocycles. The highest BCUT2D eigenvalue weighted by atomic mass is 16.6. The van der Waals surface area contributed by atoms with Crippen molar-refractivity contribution in [3.05, 3.63) is 28.1 Å². The van der Waals surface area contributed by atoms with E-state index in [4.69, 9.17) is 5.73 Å². The zero-order valence-corrected chi connectivity index (χ0v) is 10.5. The van der Waals surface area contributed by atoms with Gasteiger partial charge in [-0.15, -0.1) is 0 Å². The van der Waals surface area contributed by atoms with E-state index < -0.39 is 4.92 Å². The highest BCUT2D eigenvalue weighted by Crippen LogP contribution is 2.38. The van der Waals surface area contributed by atoms with Gasteiger partial charge in [0.2, 0.25) is 0 Å². The Balaban J connectivity index is 1.90. The normalized spacial score (nSPS) is 22.8. The first-order chi connectivity index (χ1) is 9.06. The molecule has 2 N–H and O–H groups in total. The van der Waals surface area contributed by atoms with E-state index in [9.17, 15) is 14.9 Å². The van der Waals surface area contributed by atoms with Gasteiger partial charge in [-0.2, -0.15) is 0 Å². The minimum atomic E-state index is -0.453. The Labute approximate surface area is 110 Å². The second-order valence-electron chi connectivity index (χ2n) is 5.28. The molecular weight excluding hydrogens is 248 g/mol. The van der Waals surface area contributed by atoms with E-state index in [0.717, 1.165) is 19.3 Å². The third-order valence-electron chi connectivity index (χ3n) is 3.72. The molecule has 1 aromatic rings. The number of nitrogens with two attached hydrogens (primary N) is 1. The molecule has 0 spiro atoms. The summed E-state index contributed by atoms with van der Waals surface area (Å²) in [6.45, 7) is 1.16. The average molecular weight is 264 g/mol. The minimum Gasteiger partial charge on any atom is -0.336 e. The predicted octanol–water partition coefficient (Wildman–Crippen LogP) is 0.904. The van der Waals surface area contributed by atoms with E-state index in [-0.39, 0.29) is 23.7 Å². The Bertz CT molecular complexity index is 535. The molecule has 1 atom stereocenters. The molecule has 0 unspecified atom stereocenters. The third kappa shape index (κ3) is 2.21. The van der Waals surface area contributed by atoms with Crippen LogP contribution in [0.4, 0.5) is 5.69 Å². The van der Waals surface area contributed by atoms with Gasteiger partial charge < -0.3 is 15.2 Å². The van der Waals surface area contributed by atoms with E-state index in [1.54, 1.807) is 9.47 Å². The largest absolute Gasteiger partial charge is 0.336 e. The van der Waals surface area contributed by atoms with E-state index in [2.05, 4.69) is 0 Å². The topological polar surface area (TPSA) is 94.4 Å². The number of carbonyl (C=O) groups is 1. The molecule has 2 heterocycles. The van der Waals surface area contributed by atoms with E-state index in [1.165, 1.54) is 12.3 Å². The quantitative estimate of drug-likeness (QED) is 0.648. The lowest BCUT2D eigenvalue weighted by atomic mass is 10.3. The van der Waals surface area contributed by atoms with Crippen molar-refractivity contribution in [2.45, 2.75) is 31.3 Å². The van der Waals surface area contributed by atoms with Gasteiger partial charge in [0.1, 0.15) is 5.69 Å². The van der Waals surface area contributed by atoms with Gasteiger partial charge in [0, 0.05) is 31.2 Å². The van der Waals surface area contributed by atoms with Crippen LogP contribution in [0, 0.1) is 10.1 Å². The Morgan fingerprint density at radius 1 is 1.42 bits per heavy atom. The monoisotopic (exact) mass is 264 g/mol. The molecule has 19 heavy (non-hydrogen) atoms. The van der Waals surface area contributed by atoms with Crippen molar-refractivity contribution in [3.8, 4) is 0 Å². The molecule has 1 aliphatic heterocycles. The maximum Gasteiger partial charge on any atom is 0.287 e. The van der Waals surface area contributed by atoms with Gasteiger partial charge in [-0.1, -0.05) is 0 Å². The molecule has 1 saturated heterocycles. The summed E-state index contributed by atoms with van der Waals surface area (Å²) in [6, 6.07) is 1.64. The van der Waals surface area contributed by atoms with E-state index in [1.807, 2.05) is 0 Å². The molecular formula is C12H16N4O3. The highest BCUT2D eigenvalue weighted by Gasteiger charge is 2.33. The lowest BCUT2D eigenvalue weighted by Crippen LogP contribution is -2.33. The van der Waals surface area contributed by atoms with Crippen molar-refractivity contribution in [2.75, 3.05) is 13.1 Å². The summed E-state index contributed by atoms with van der Waals surface area (Å²) in [5.74, 6) is -0.145. The van der Waals surface area contributed by atoms with Crippen LogP contribution in [0.25, 0.3) is 0 Å². The molecule has 102 valence electrons. The summed E-state index contributed by atoms with van der Waals surface area (Å²) in [5.41, 5.74) is 6.20. The van der Waals surface area contributed by atoms with Crippen LogP contribution in [0.15, 0.2) is 12.3 Å². The summed E-state index contributed by atoms with van der Waals surface area (Å²) in [5, 5.41) is 10.9. The second-order valence-corrected chi connectivity index (χ2v) is 5.28. The van der Waals surface area contributed by atoms with Gasteiger partial charge in [0.25, 0.3) is 11.6 Å². The summed E-state index contributed by atoms with van der Waals surface area (Å²) in [6.07, 6.45) is 4.22. The smallest absolute Gasteiger partial charge is 0.287 e. The van der Waals surface area contributed by atoms with Crippen LogP contribution < -0.4 is 5.73 Å². The fraction of sp³-hybridized carbons (Fsp3) is 0.583. The van der Waals surface area contributed by atoms with E-state index >= 15 is 0 Å². The van der Waals surface area contributed by atoms with Gasteiger partial charge in [-0.05, 0) is 19.3 Å². The molecule has 0 bridgehead atoms. The number of rotatable bonds is 3. The van der Waals surface area contributed by atoms with Crippen molar-refractivity contribution in [1.82, 2.24) is 9.47 Å². The highest BCUT2D eigenvalue weighted by molar-refractivity contribution is 5.94. The van der Waals surface area contributed by atoms with Crippen molar-refractivity contribution < 1.29 is 9.72 Å². The fourth-order valence-corrected chi connectivity index (χ4v) is 2.52. The summed E-state index contributed by atoms with van der Waals surface area (Å²) >= 11 is 0. The van der Waals surface area contributed by atoms with Crippen LogP contribution >= 0.6 is 0 Å². The molecule has 1 aliphatic carbocycles. The number of amides is 1. The molecule has 2 fully saturated rings. The van der Waals surface area contributed by atoms with Gasteiger partial charge >= 0.3 is 0 Å². The minimum absolute atomic E-state index is 0.0151. The number of hydrogen-bond donors (Lipinski definition) is 1. The Hall–Kier alpha value is -1.89. The number of carbonyl (C=O) groups excluding carboxylic acids is 1. The van der Waals surface area contributed by atoms with Gasteiger partial charge in [-0.25, -0.2) is 0 Å².